The van der Waals surface area contributed by atoms with Gasteiger partial charge in [0.15, 0.2) is 0 Å². The molecular formula is C16H19NO. The first-order valence-corrected chi connectivity index (χ1v) is 6.81. The zero-order chi connectivity index (χ0) is 12.4. The van der Waals surface area contributed by atoms with Crippen molar-refractivity contribution in [2.45, 2.75) is 38.0 Å². The van der Waals surface area contributed by atoms with Crippen molar-refractivity contribution in [2.24, 2.45) is 0 Å². The summed E-state index contributed by atoms with van der Waals surface area (Å²) in [6.07, 6.45) is 8.59. The lowest BCUT2D eigenvalue weighted by atomic mass is 9.85. The van der Waals surface area contributed by atoms with Gasteiger partial charge >= 0.3 is 0 Å². The Morgan fingerprint density at radius 1 is 1.11 bits per heavy atom. The van der Waals surface area contributed by atoms with Crippen LogP contribution in [-0.2, 0) is 0 Å². The van der Waals surface area contributed by atoms with Gasteiger partial charge in [0.2, 0.25) is 0 Å². The molecular weight excluding hydrogens is 222 g/mol. The van der Waals surface area contributed by atoms with E-state index in [-0.39, 0.29) is 0 Å². The van der Waals surface area contributed by atoms with E-state index in [1.807, 2.05) is 12.3 Å². The third kappa shape index (κ3) is 2.07. The molecule has 1 aromatic carbocycles. The number of benzene rings is 1. The molecule has 0 unspecified atom stereocenters. The minimum absolute atomic E-state index is 0.649. The predicted molar refractivity (Wildman–Crippen MR) is 74.1 cm³/mol. The molecule has 0 atom stereocenters. The molecule has 0 amide bonds. The van der Waals surface area contributed by atoms with E-state index in [1.165, 1.54) is 48.6 Å². The van der Waals surface area contributed by atoms with Gasteiger partial charge in [-0.25, -0.2) is 0 Å². The van der Waals surface area contributed by atoms with E-state index in [0.29, 0.717) is 5.92 Å². The van der Waals surface area contributed by atoms with Crippen LogP contribution in [0.15, 0.2) is 30.5 Å². The fourth-order valence-electron chi connectivity index (χ4n) is 3.01. The molecule has 1 saturated carbocycles. The van der Waals surface area contributed by atoms with Crippen molar-refractivity contribution in [3.63, 3.8) is 0 Å². The second kappa shape index (κ2) is 4.97. The van der Waals surface area contributed by atoms with Gasteiger partial charge < -0.3 is 4.74 Å². The van der Waals surface area contributed by atoms with Crippen LogP contribution in [-0.4, -0.2) is 12.1 Å². The van der Waals surface area contributed by atoms with Crippen molar-refractivity contribution < 1.29 is 4.74 Å². The average molecular weight is 241 g/mol. The molecule has 94 valence electrons. The maximum atomic E-state index is 5.29. The summed E-state index contributed by atoms with van der Waals surface area (Å²) in [5.74, 6) is 1.57. The molecule has 0 spiro atoms. The summed E-state index contributed by atoms with van der Waals surface area (Å²) >= 11 is 0. The third-order valence-electron chi connectivity index (χ3n) is 3.99. The van der Waals surface area contributed by atoms with Crippen LogP contribution < -0.4 is 4.74 Å². The first kappa shape index (κ1) is 11.5. The van der Waals surface area contributed by atoms with E-state index >= 15 is 0 Å². The number of pyridine rings is 1. The number of ether oxygens (including phenoxy) is 1. The summed E-state index contributed by atoms with van der Waals surface area (Å²) in [6, 6.07) is 8.37. The Kier molecular flexibility index (Phi) is 3.18. The summed E-state index contributed by atoms with van der Waals surface area (Å²) in [6.45, 7) is 0. The fraction of sp³-hybridized carbons (Fsp3) is 0.438. The fourth-order valence-corrected chi connectivity index (χ4v) is 3.01. The van der Waals surface area contributed by atoms with E-state index < -0.39 is 0 Å². The Labute approximate surface area is 108 Å². The van der Waals surface area contributed by atoms with Crippen LogP contribution in [0.4, 0.5) is 0 Å². The van der Waals surface area contributed by atoms with Gasteiger partial charge in [0.25, 0.3) is 0 Å². The van der Waals surface area contributed by atoms with Gasteiger partial charge in [-0.1, -0.05) is 19.3 Å². The highest BCUT2D eigenvalue weighted by atomic mass is 16.5. The molecule has 0 N–H and O–H groups in total. The maximum absolute atomic E-state index is 5.29. The van der Waals surface area contributed by atoms with E-state index in [9.17, 15) is 0 Å². The zero-order valence-corrected chi connectivity index (χ0v) is 10.9. The number of hydrogen-bond acceptors (Lipinski definition) is 2. The Morgan fingerprint density at radius 2 is 1.94 bits per heavy atom. The number of aromatic nitrogens is 1. The van der Waals surface area contributed by atoms with Crippen LogP contribution in [0.25, 0.3) is 10.8 Å². The van der Waals surface area contributed by atoms with E-state index in [2.05, 4.69) is 23.2 Å². The van der Waals surface area contributed by atoms with Crippen molar-refractivity contribution in [1.29, 1.82) is 0 Å². The van der Waals surface area contributed by atoms with Gasteiger partial charge in [0.05, 0.1) is 12.8 Å². The van der Waals surface area contributed by atoms with Gasteiger partial charge in [-0.3, -0.25) is 4.98 Å². The summed E-state index contributed by atoms with van der Waals surface area (Å²) in [7, 11) is 1.71. The number of methoxy groups -OCH3 is 1. The van der Waals surface area contributed by atoms with Crippen molar-refractivity contribution in [1.82, 2.24) is 4.98 Å². The summed E-state index contributed by atoms with van der Waals surface area (Å²) in [5, 5.41) is 2.54. The molecule has 1 aromatic heterocycles. The Bertz CT molecular complexity index is 544. The minimum Gasteiger partial charge on any atom is -0.497 e. The maximum Gasteiger partial charge on any atom is 0.119 e. The van der Waals surface area contributed by atoms with Crippen molar-refractivity contribution in [3.8, 4) is 5.75 Å². The van der Waals surface area contributed by atoms with Crippen LogP contribution in [0.2, 0.25) is 0 Å². The Morgan fingerprint density at radius 3 is 2.72 bits per heavy atom. The van der Waals surface area contributed by atoms with Gasteiger partial charge in [-0.15, -0.1) is 0 Å². The van der Waals surface area contributed by atoms with Crippen LogP contribution in [0, 0.1) is 0 Å². The lowest BCUT2D eigenvalue weighted by molar-refractivity contribution is 0.415. The van der Waals surface area contributed by atoms with E-state index in [4.69, 9.17) is 4.74 Å². The molecule has 0 radical (unpaired) electrons. The predicted octanol–water partition coefficient (Wildman–Crippen LogP) is 4.29. The topological polar surface area (TPSA) is 22.1 Å². The van der Waals surface area contributed by atoms with E-state index in [0.717, 1.165) is 5.75 Å². The molecule has 3 rings (SSSR count). The molecule has 1 fully saturated rings. The normalized spacial score (nSPS) is 16.9. The molecule has 2 heteroatoms. The lowest BCUT2D eigenvalue weighted by Crippen LogP contribution is -2.06. The van der Waals surface area contributed by atoms with Crippen LogP contribution >= 0.6 is 0 Å². The van der Waals surface area contributed by atoms with Gasteiger partial charge in [-0.2, -0.15) is 0 Å². The highest BCUT2D eigenvalue weighted by Crippen LogP contribution is 2.35. The molecule has 2 aromatic rings. The average Bonchev–Trinajstić information content (AvgIpc) is 2.47. The lowest BCUT2D eigenvalue weighted by Gasteiger charge is -2.22. The highest BCUT2D eigenvalue weighted by Gasteiger charge is 2.18. The molecule has 1 heterocycles. The van der Waals surface area contributed by atoms with Crippen molar-refractivity contribution in [3.05, 3.63) is 36.2 Å². The quantitative estimate of drug-likeness (QED) is 0.782. The van der Waals surface area contributed by atoms with Crippen molar-refractivity contribution >= 4 is 10.8 Å². The summed E-state index contributed by atoms with van der Waals surface area (Å²) in [5.41, 5.74) is 1.29. The van der Waals surface area contributed by atoms with Crippen LogP contribution in [0.5, 0.6) is 5.75 Å². The molecule has 1 aliphatic carbocycles. The largest absolute Gasteiger partial charge is 0.497 e. The smallest absolute Gasteiger partial charge is 0.119 e. The minimum atomic E-state index is 0.649. The second-order valence-corrected chi connectivity index (χ2v) is 5.12. The second-order valence-electron chi connectivity index (χ2n) is 5.12. The summed E-state index contributed by atoms with van der Waals surface area (Å²) < 4.78 is 5.29. The molecule has 0 saturated heterocycles. The highest BCUT2D eigenvalue weighted by molar-refractivity contribution is 5.86. The number of fused-ring (bicyclic) bond motifs is 1. The summed E-state index contributed by atoms with van der Waals surface area (Å²) in [4.78, 5) is 4.65. The number of rotatable bonds is 2. The Balaban J connectivity index is 2.05. The molecule has 18 heavy (non-hydrogen) atoms. The van der Waals surface area contributed by atoms with Gasteiger partial charge in [0.1, 0.15) is 5.75 Å². The number of nitrogens with zero attached hydrogens (tertiary/aromatic N) is 1. The van der Waals surface area contributed by atoms with Crippen LogP contribution in [0.3, 0.4) is 0 Å². The first-order chi connectivity index (χ1) is 8.88. The molecule has 2 nitrogen and oxygen atoms in total. The zero-order valence-electron chi connectivity index (χ0n) is 10.9. The van der Waals surface area contributed by atoms with E-state index in [1.54, 1.807) is 7.11 Å². The molecule has 1 aliphatic rings. The van der Waals surface area contributed by atoms with Crippen molar-refractivity contribution in [2.75, 3.05) is 7.11 Å². The molecule has 0 aliphatic heterocycles. The first-order valence-electron chi connectivity index (χ1n) is 6.81. The monoisotopic (exact) mass is 241 g/mol. The Hall–Kier alpha value is -1.57. The molecule has 0 bridgehead atoms. The van der Waals surface area contributed by atoms with Gasteiger partial charge in [0, 0.05) is 17.5 Å². The van der Waals surface area contributed by atoms with Gasteiger partial charge in [-0.05, 0) is 42.5 Å². The standard InChI is InChI=1S/C16H19NO/c1-18-14-7-8-15-13(11-14)9-10-17-16(15)12-5-3-2-4-6-12/h7-12H,2-6H2,1H3. The number of hydrogen-bond donors (Lipinski definition) is 0. The van der Waals surface area contributed by atoms with Crippen LogP contribution in [0.1, 0.15) is 43.7 Å². The third-order valence-corrected chi connectivity index (χ3v) is 3.99. The SMILES string of the molecule is COc1ccc2c(C3CCCCC3)nccc2c1.